The molecular formula is C10H13NO2S. The number of carboxylic acids is 1. The predicted octanol–water partition coefficient (Wildman–Crippen LogP) is 2.14. The molecule has 0 saturated carbocycles. The molecule has 1 aliphatic rings. The van der Waals surface area contributed by atoms with Gasteiger partial charge in [0.15, 0.2) is 0 Å². The van der Waals surface area contributed by atoms with E-state index in [9.17, 15) is 4.79 Å². The largest absolute Gasteiger partial charge is 0.481 e. The van der Waals surface area contributed by atoms with Gasteiger partial charge < -0.3 is 10.8 Å². The summed E-state index contributed by atoms with van der Waals surface area (Å²) in [5.41, 5.74) is 8.14. The van der Waals surface area contributed by atoms with Crippen LogP contribution in [0.5, 0.6) is 0 Å². The lowest BCUT2D eigenvalue weighted by atomic mass is 9.97. The Morgan fingerprint density at radius 1 is 1.71 bits per heavy atom. The van der Waals surface area contributed by atoms with Crippen molar-refractivity contribution in [1.82, 2.24) is 0 Å². The van der Waals surface area contributed by atoms with Crippen LogP contribution in [0.15, 0.2) is 0 Å². The maximum absolute atomic E-state index is 10.7. The van der Waals surface area contributed by atoms with E-state index in [2.05, 4.69) is 0 Å². The Labute approximate surface area is 86.6 Å². The molecule has 2 rings (SSSR count). The molecule has 3 N–H and O–H groups in total. The summed E-state index contributed by atoms with van der Waals surface area (Å²) in [6.07, 6.45) is 2.20. The van der Waals surface area contributed by atoms with Gasteiger partial charge in [-0.1, -0.05) is 0 Å². The molecule has 4 heteroatoms. The van der Waals surface area contributed by atoms with Gasteiger partial charge in [0, 0.05) is 4.88 Å². The first-order valence-electron chi connectivity index (χ1n) is 4.69. The van der Waals surface area contributed by atoms with E-state index in [0.29, 0.717) is 0 Å². The fourth-order valence-corrected chi connectivity index (χ4v) is 3.37. The van der Waals surface area contributed by atoms with Gasteiger partial charge in [-0.3, -0.25) is 4.79 Å². The number of aryl methyl sites for hydroxylation is 1. The van der Waals surface area contributed by atoms with Gasteiger partial charge >= 0.3 is 5.97 Å². The number of fused-ring (bicyclic) bond motifs is 1. The van der Waals surface area contributed by atoms with Crippen LogP contribution in [0.4, 0.5) is 5.00 Å². The number of aliphatic carboxylic acids is 1. The molecule has 1 aromatic heterocycles. The molecule has 0 aromatic carbocycles. The van der Waals surface area contributed by atoms with Gasteiger partial charge in [0.25, 0.3) is 0 Å². The Morgan fingerprint density at radius 3 is 3.07 bits per heavy atom. The van der Waals surface area contributed by atoms with E-state index in [-0.39, 0.29) is 12.3 Å². The Balaban J connectivity index is 2.32. The Hall–Kier alpha value is -1.03. The minimum atomic E-state index is -0.716. The summed E-state index contributed by atoms with van der Waals surface area (Å²) < 4.78 is 0. The predicted molar refractivity (Wildman–Crippen MR) is 56.8 cm³/mol. The molecule has 1 aromatic rings. The van der Waals surface area contributed by atoms with E-state index in [4.69, 9.17) is 10.8 Å². The van der Waals surface area contributed by atoms with Gasteiger partial charge in [0.05, 0.1) is 11.4 Å². The SMILES string of the molecule is Cc1c(N)sc2c1C(CC(=O)O)CC2. The number of rotatable bonds is 2. The second kappa shape index (κ2) is 3.28. The summed E-state index contributed by atoms with van der Waals surface area (Å²) in [5, 5.41) is 9.62. The number of carbonyl (C=O) groups is 1. The van der Waals surface area contributed by atoms with Gasteiger partial charge in [-0.25, -0.2) is 0 Å². The lowest BCUT2D eigenvalue weighted by Gasteiger charge is -2.08. The molecule has 0 aliphatic heterocycles. The summed E-state index contributed by atoms with van der Waals surface area (Å²) in [6.45, 7) is 1.99. The minimum absolute atomic E-state index is 0.191. The average Bonchev–Trinajstić information content (AvgIpc) is 2.57. The second-order valence-electron chi connectivity index (χ2n) is 3.76. The van der Waals surface area contributed by atoms with Crippen molar-refractivity contribution in [3.63, 3.8) is 0 Å². The lowest BCUT2D eigenvalue weighted by Crippen LogP contribution is -2.04. The molecule has 0 saturated heterocycles. The van der Waals surface area contributed by atoms with Crippen LogP contribution in [0.2, 0.25) is 0 Å². The normalized spacial score (nSPS) is 19.6. The smallest absolute Gasteiger partial charge is 0.303 e. The average molecular weight is 211 g/mol. The molecule has 0 amide bonds. The molecule has 0 bridgehead atoms. The molecule has 14 heavy (non-hydrogen) atoms. The highest BCUT2D eigenvalue weighted by molar-refractivity contribution is 7.16. The van der Waals surface area contributed by atoms with Crippen molar-refractivity contribution in [2.45, 2.75) is 32.1 Å². The minimum Gasteiger partial charge on any atom is -0.481 e. The Bertz CT molecular complexity index is 384. The Morgan fingerprint density at radius 2 is 2.43 bits per heavy atom. The highest BCUT2D eigenvalue weighted by Gasteiger charge is 2.29. The van der Waals surface area contributed by atoms with Crippen LogP contribution in [0.3, 0.4) is 0 Å². The number of nitrogen functional groups attached to an aromatic ring is 1. The summed E-state index contributed by atoms with van der Waals surface area (Å²) in [4.78, 5) is 12.0. The van der Waals surface area contributed by atoms with E-state index in [1.807, 2.05) is 6.92 Å². The topological polar surface area (TPSA) is 63.3 Å². The molecule has 1 heterocycles. The molecule has 0 spiro atoms. The van der Waals surface area contributed by atoms with Crippen molar-refractivity contribution in [1.29, 1.82) is 0 Å². The number of hydrogen-bond acceptors (Lipinski definition) is 3. The first-order valence-corrected chi connectivity index (χ1v) is 5.50. The fraction of sp³-hybridized carbons (Fsp3) is 0.500. The standard InChI is InChI=1S/C10H13NO2S/c1-5-9-6(4-8(12)13)2-3-7(9)14-10(5)11/h6H,2-4,11H2,1H3,(H,12,13). The Kier molecular flexibility index (Phi) is 2.23. The zero-order chi connectivity index (χ0) is 10.3. The molecular weight excluding hydrogens is 198 g/mol. The van der Waals surface area contributed by atoms with Gasteiger partial charge in [0.2, 0.25) is 0 Å². The third-order valence-corrected chi connectivity index (χ3v) is 4.05. The van der Waals surface area contributed by atoms with Crippen LogP contribution in [0.1, 0.15) is 34.8 Å². The maximum Gasteiger partial charge on any atom is 0.303 e. The van der Waals surface area contributed by atoms with Gasteiger partial charge in [-0.05, 0) is 36.8 Å². The molecule has 0 radical (unpaired) electrons. The second-order valence-corrected chi connectivity index (χ2v) is 4.90. The van der Waals surface area contributed by atoms with Crippen LogP contribution in [0.25, 0.3) is 0 Å². The highest BCUT2D eigenvalue weighted by Crippen LogP contribution is 2.44. The quantitative estimate of drug-likeness (QED) is 0.787. The molecule has 1 atom stereocenters. The number of hydrogen-bond donors (Lipinski definition) is 2. The van der Waals surface area contributed by atoms with Crippen LogP contribution in [-0.2, 0) is 11.2 Å². The number of carboxylic acid groups (broad SMARTS) is 1. The van der Waals surface area contributed by atoms with E-state index in [1.54, 1.807) is 11.3 Å². The maximum atomic E-state index is 10.7. The molecule has 3 nitrogen and oxygen atoms in total. The molecule has 1 aliphatic carbocycles. The molecule has 1 unspecified atom stereocenters. The zero-order valence-electron chi connectivity index (χ0n) is 8.04. The lowest BCUT2D eigenvalue weighted by molar-refractivity contribution is -0.137. The summed E-state index contributed by atoms with van der Waals surface area (Å²) >= 11 is 1.62. The molecule has 0 fully saturated rings. The van der Waals surface area contributed by atoms with Crippen LogP contribution in [-0.4, -0.2) is 11.1 Å². The zero-order valence-corrected chi connectivity index (χ0v) is 8.86. The van der Waals surface area contributed by atoms with E-state index in [0.717, 1.165) is 23.4 Å². The van der Waals surface area contributed by atoms with Gasteiger partial charge in [0.1, 0.15) is 0 Å². The van der Waals surface area contributed by atoms with Crippen LogP contribution in [0, 0.1) is 6.92 Å². The number of anilines is 1. The van der Waals surface area contributed by atoms with E-state index < -0.39 is 5.97 Å². The van der Waals surface area contributed by atoms with Crippen LogP contribution >= 0.6 is 11.3 Å². The van der Waals surface area contributed by atoms with Crippen molar-refractivity contribution in [3.8, 4) is 0 Å². The first kappa shape index (κ1) is 9.52. The summed E-state index contributed by atoms with van der Waals surface area (Å²) in [5.74, 6) is -0.525. The monoisotopic (exact) mass is 211 g/mol. The van der Waals surface area contributed by atoms with E-state index >= 15 is 0 Å². The summed E-state index contributed by atoms with van der Waals surface area (Å²) in [6, 6.07) is 0. The molecule has 76 valence electrons. The number of thiophene rings is 1. The fourth-order valence-electron chi connectivity index (χ4n) is 2.19. The third kappa shape index (κ3) is 1.39. The van der Waals surface area contributed by atoms with Crippen molar-refractivity contribution in [2.24, 2.45) is 0 Å². The number of nitrogens with two attached hydrogens (primary N) is 1. The van der Waals surface area contributed by atoms with Crippen molar-refractivity contribution < 1.29 is 9.90 Å². The highest BCUT2D eigenvalue weighted by atomic mass is 32.1. The van der Waals surface area contributed by atoms with Crippen molar-refractivity contribution in [2.75, 3.05) is 5.73 Å². The summed E-state index contributed by atoms with van der Waals surface area (Å²) in [7, 11) is 0. The van der Waals surface area contributed by atoms with Gasteiger partial charge in [-0.2, -0.15) is 0 Å². The van der Waals surface area contributed by atoms with Crippen LogP contribution < -0.4 is 5.73 Å². The van der Waals surface area contributed by atoms with E-state index in [1.165, 1.54) is 10.4 Å². The van der Waals surface area contributed by atoms with Gasteiger partial charge in [-0.15, -0.1) is 11.3 Å². The van der Waals surface area contributed by atoms with Crippen molar-refractivity contribution >= 4 is 22.3 Å². The third-order valence-electron chi connectivity index (χ3n) is 2.86. The first-order chi connectivity index (χ1) is 6.59. The van der Waals surface area contributed by atoms with Crippen molar-refractivity contribution in [3.05, 3.63) is 16.0 Å².